The number of piperidine rings is 1. The van der Waals surface area contributed by atoms with E-state index in [4.69, 9.17) is 4.74 Å². The molecule has 180 valence electrons. The molecule has 33 heavy (non-hydrogen) atoms. The van der Waals surface area contributed by atoms with Crippen molar-refractivity contribution in [1.29, 1.82) is 0 Å². The minimum Gasteiger partial charge on any atom is -0.378 e. The summed E-state index contributed by atoms with van der Waals surface area (Å²) in [6, 6.07) is 7.43. The van der Waals surface area contributed by atoms with Gasteiger partial charge in [0.1, 0.15) is 5.82 Å². The molecule has 2 amide bonds. The fraction of sp³-hybridized carbons (Fsp3) is 0.565. The average Bonchev–Trinajstić information content (AvgIpc) is 3.26. The highest BCUT2D eigenvalue weighted by Crippen LogP contribution is 2.37. The maximum absolute atomic E-state index is 13.3. The first-order chi connectivity index (χ1) is 15.7. The van der Waals surface area contributed by atoms with Gasteiger partial charge in [-0.25, -0.2) is 4.79 Å². The number of nitrogens with one attached hydrogen (secondary N) is 2. The number of amides is 2. The summed E-state index contributed by atoms with van der Waals surface area (Å²) < 4.78 is 44.4. The number of carbonyl (C=O) groups excluding carboxylic acids is 1. The van der Waals surface area contributed by atoms with Gasteiger partial charge >= 0.3 is 12.2 Å². The predicted molar refractivity (Wildman–Crippen MR) is 118 cm³/mol. The van der Waals surface area contributed by atoms with Crippen LogP contribution in [0.2, 0.25) is 0 Å². The molecule has 0 aliphatic carbocycles. The zero-order valence-corrected chi connectivity index (χ0v) is 18.9. The summed E-state index contributed by atoms with van der Waals surface area (Å²) in [4.78, 5) is 16.9. The lowest BCUT2D eigenvalue weighted by Crippen LogP contribution is -2.52. The Morgan fingerprint density at radius 2 is 1.79 bits per heavy atom. The number of aromatic nitrogens is 2. The van der Waals surface area contributed by atoms with Gasteiger partial charge in [-0.05, 0) is 38.0 Å². The Labute approximate surface area is 191 Å². The van der Waals surface area contributed by atoms with Gasteiger partial charge in [-0.3, -0.25) is 5.10 Å². The molecule has 2 aliphatic rings. The van der Waals surface area contributed by atoms with Gasteiger partial charge in [-0.2, -0.15) is 18.3 Å². The summed E-state index contributed by atoms with van der Waals surface area (Å²) in [5.41, 5.74) is 1.04. The number of benzene rings is 1. The number of aromatic amines is 1. The van der Waals surface area contributed by atoms with Gasteiger partial charge in [0.15, 0.2) is 0 Å². The number of likely N-dealkylation sites (tertiary alicyclic amines) is 1. The zero-order valence-electron chi connectivity index (χ0n) is 18.9. The Balaban J connectivity index is 1.57. The van der Waals surface area contributed by atoms with Crippen LogP contribution in [0, 0.1) is 0 Å². The number of carbonyl (C=O) groups is 1. The SMILES string of the molecule is CC(C)Nc1cc(C2CC(c3ccc(C(F)(F)F)cc3)CN(C(=O)N3CCOCC3)C2)[nH]n1. The summed E-state index contributed by atoms with van der Waals surface area (Å²) in [6.45, 7) is 7.14. The molecule has 7 nitrogen and oxygen atoms in total. The minimum atomic E-state index is -4.37. The van der Waals surface area contributed by atoms with Gasteiger partial charge in [0, 0.05) is 55.8 Å². The molecule has 10 heteroatoms. The number of rotatable bonds is 4. The smallest absolute Gasteiger partial charge is 0.378 e. The first-order valence-corrected chi connectivity index (χ1v) is 11.3. The second kappa shape index (κ2) is 9.62. The van der Waals surface area contributed by atoms with Crippen molar-refractivity contribution in [2.24, 2.45) is 0 Å². The standard InChI is InChI=1S/C23H30F3N5O2/c1-15(2)27-21-12-20(28-29-21)18-11-17(16-3-5-19(6-4-16)23(24,25)26)13-31(14-18)22(32)30-7-9-33-10-8-30/h3-6,12,15,17-18H,7-11,13-14H2,1-2H3,(H2,27,28,29). The fourth-order valence-electron chi connectivity index (χ4n) is 4.54. The molecule has 2 atom stereocenters. The van der Waals surface area contributed by atoms with Gasteiger partial charge in [0.05, 0.1) is 18.8 Å². The topological polar surface area (TPSA) is 73.5 Å². The van der Waals surface area contributed by atoms with Crippen LogP contribution in [0.15, 0.2) is 30.3 Å². The lowest BCUT2D eigenvalue weighted by molar-refractivity contribution is -0.137. The highest BCUT2D eigenvalue weighted by atomic mass is 19.4. The van der Waals surface area contributed by atoms with Crippen molar-refractivity contribution >= 4 is 11.8 Å². The Kier molecular flexibility index (Phi) is 6.83. The number of urea groups is 1. The number of anilines is 1. The van der Waals surface area contributed by atoms with Crippen LogP contribution in [0.25, 0.3) is 0 Å². The van der Waals surface area contributed by atoms with Crippen molar-refractivity contribution in [1.82, 2.24) is 20.0 Å². The van der Waals surface area contributed by atoms with E-state index in [2.05, 4.69) is 15.5 Å². The van der Waals surface area contributed by atoms with E-state index in [1.54, 1.807) is 4.90 Å². The number of morpholine rings is 1. The molecule has 0 saturated carbocycles. The van der Waals surface area contributed by atoms with E-state index in [0.717, 1.165) is 29.2 Å². The van der Waals surface area contributed by atoms with Gasteiger partial charge in [0.25, 0.3) is 0 Å². The van der Waals surface area contributed by atoms with Crippen molar-refractivity contribution in [3.05, 3.63) is 47.2 Å². The molecule has 2 N–H and O–H groups in total. The van der Waals surface area contributed by atoms with Crippen molar-refractivity contribution < 1.29 is 22.7 Å². The molecule has 2 fully saturated rings. The highest BCUT2D eigenvalue weighted by molar-refractivity contribution is 5.75. The van der Waals surface area contributed by atoms with E-state index in [1.165, 1.54) is 12.1 Å². The second-order valence-corrected chi connectivity index (χ2v) is 9.04. The molecule has 0 bridgehead atoms. The van der Waals surface area contributed by atoms with Crippen molar-refractivity contribution in [2.45, 2.75) is 44.3 Å². The lowest BCUT2D eigenvalue weighted by Gasteiger charge is -2.41. The predicted octanol–water partition coefficient (Wildman–Crippen LogP) is 4.27. The van der Waals surface area contributed by atoms with E-state index < -0.39 is 11.7 Å². The number of nitrogens with zero attached hydrogens (tertiary/aromatic N) is 3. The molecule has 1 aromatic heterocycles. The fourth-order valence-corrected chi connectivity index (χ4v) is 4.54. The van der Waals surface area contributed by atoms with Crippen LogP contribution >= 0.6 is 0 Å². The number of halogens is 3. The molecule has 1 aromatic carbocycles. The van der Waals surface area contributed by atoms with Crippen LogP contribution in [0.4, 0.5) is 23.8 Å². The molecule has 3 heterocycles. The number of hydrogen-bond acceptors (Lipinski definition) is 4. The molecule has 2 aliphatic heterocycles. The second-order valence-electron chi connectivity index (χ2n) is 9.04. The monoisotopic (exact) mass is 465 g/mol. The summed E-state index contributed by atoms with van der Waals surface area (Å²) in [5.74, 6) is 0.648. The van der Waals surface area contributed by atoms with Crippen molar-refractivity contribution in [3.8, 4) is 0 Å². The summed E-state index contributed by atoms with van der Waals surface area (Å²) in [6.07, 6.45) is -3.66. The zero-order chi connectivity index (χ0) is 23.6. The Morgan fingerprint density at radius 1 is 1.12 bits per heavy atom. The van der Waals surface area contributed by atoms with Crippen LogP contribution < -0.4 is 5.32 Å². The van der Waals surface area contributed by atoms with Crippen LogP contribution in [0.3, 0.4) is 0 Å². The first-order valence-electron chi connectivity index (χ1n) is 11.3. The van der Waals surface area contributed by atoms with Crippen molar-refractivity contribution in [3.63, 3.8) is 0 Å². The van der Waals surface area contributed by atoms with Gasteiger partial charge in [-0.1, -0.05) is 12.1 Å². The number of hydrogen-bond donors (Lipinski definition) is 2. The van der Waals surface area contributed by atoms with Crippen molar-refractivity contribution in [2.75, 3.05) is 44.7 Å². The van der Waals surface area contributed by atoms with Crippen LogP contribution in [-0.4, -0.2) is 71.5 Å². The molecule has 2 saturated heterocycles. The van der Waals surface area contributed by atoms with Gasteiger partial charge in [0.2, 0.25) is 0 Å². The van der Waals surface area contributed by atoms with Crippen LogP contribution in [-0.2, 0) is 10.9 Å². The highest BCUT2D eigenvalue weighted by Gasteiger charge is 2.36. The quantitative estimate of drug-likeness (QED) is 0.707. The normalized spacial score (nSPS) is 22.0. The molecule has 0 radical (unpaired) electrons. The minimum absolute atomic E-state index is 0.00811. The third-order valence-electron chi connectivity index (χ3n) is 6.19. The number of alkyl halides is 3. The van der Waals surface area contributed by atoms with E-state index in [9.17, 15) is 18.0 Å². The van der Waals surface area contributed by atoms with Gasteiger partial charge < -0.3 is 19.9 Å². The van der Waals surface area contributed by atoms with E-state index in [0.29, 0.717) is 45.8 Å². The van der Waals surface area contributed by atoms with E-state index >= 15 is 0 Å². The third-order valence-corrected chi connectivity index (χ3v) is 6.19. The maximum Gasteiger partial charge on any atom is 0.416 e. The number of H-pyrrole nitrogens is 1. The molecule has 0 spiro atoms. The Morgan fingerprint density at radius 3 is 2.42 bits per heavy atom. The molecular formula is C23H30F3N5O2. The molecule has 2 aromatic rings. The lowest BCUT2D eigenvalue weighted by atomic mass is 9.83. The van der Waals surface area contributed by atoms with Gasteiger partial charge in [-0.15, -0.1) is 0 Å². The maximum atomic E-state index is 13.3. The Hall–Kier alpha value is -2.75. The Bertz CT molecular complexity index is 938. The van der Waals surface area contributed by atoms with E-state index in [-0.39, 0.29) is 23.9 Å². The summed E-state index contributed by atoms with van der Waals surface area (Å²) in [7, 11) is 0. The van der Waals surface area contributed by atoms with E-state index in [1.807, 2.05) is 24.8 Å². The largest absolute Gasteiger partial charge is 0.416 e. The molecule has 4 rings (SSSR count). The molecular weight excluding hydrogens is 435 g/mol. The van der Waals surface area contributed by atoms with Crippen LogP contribution in [0.1, 0.15) is 48.9 Å². The summed E-state index contributed by atoms with van der Waals surface area (Å²) in [5, 5.41) is 10.7. The third kappa shape index (κ3) is 5.61. The summed E-state index contributed by atoms with van der Waals surface area (Å²) >= 11 is 0. The average molecular weight is 466 g/mol. The number of ether oxygens (including phenoxy) is 1. The molecule has 2 unspecified atom stereocenters. The van der Waals surface area contributed by atoms with Crippen LogP contribution in [0.5, 0.6) is 0 Å². The first kappa shape index (κ1) is 23.4.